The Bertz CT molecular complexity index is 1900. The monoisotopic (exact) mass is 531 g/mol. The maximum atomic E-state index is 14.5. The molecule has 4 heterocycles. The number of aromatic nitrogens is 5. The van der Waals surface area contributed by atoms with Gasteiger partial charge in [0.15, 0.2) is 5.69 Å². The Balaban J connectivity index is 1.28. The molecule has 0 radical (unpaired) electrons. The van der Waals surface area contributed by atoms with Crippen LogP contribution < -0.4 is 5.69 Å². The number of nitriles is 1. The maximum Gasteiger partial charge on any atom is 0.326 e. The lowest BCUT2D eigenvalue weighted by atomic mass is 10.0. The van der Waals surface area contributed by atoms with Crippen molar-refractivity contribution in [1.82, 2.24) is 29.2 Å². The van der Waals surface area contributed by atoms with E-state index in [0.29, 0.717) is 48.4 Å². The van der Waals surface area contributed by atoms with Gasteiger partial charge < -0.3 is 9.88 Å². The molecule has 2 aromatic carbocycles. The Kier molecular flexibility index (Phi) is 6.21. The lowest BCUT2D eigenvalue weighted by Crippen LogP contribution is -2.40. The second kappa shape index (κ2) is 10.0. The van der Waals surface area contributed by atoms with Crippen LogP contribution in [-0.2, 0) is 0 Å². The van der Waals surface area contributed by atoms with Crippen molar-refractivity contribution in [2.24, 2.45) is 0 Å². The fraction of sp³-hybridized carbons (Fsp3) is 0.167. The van der Waals surface area contributed by atoms with E-state index < -0.39 is 5.82 Å². The number of pyridine rings is 1. The quantitative estimate of drug-likeness (QED) is 0.352. The Morgan fingerprint density at radius 2 is 1.95 bits per heavy atom. The topological polar surface area (TPSA) is 113 Å². The summed E-state index contributed by atoms with van der Waals surface area (Å²) in [6, 6.07) is 16.6. The number of terminal acetylenes is 1. The maximum absolute atomic E-state index is 14.5. The van der Waals surface area contributed by atoms with Crippen LogP contribution in [0.15, 0.2) is 71.8 Å². The number of hydrogen-bond acceptors (Lipinski definition) is 5. The van der Waals surface area contributed by atoms with Crippen LogP contribution in [0.2, 0.25) is 0 Å². The van der Waals surface area contributed by atoms with Gasteiger partial charge in [0.25, 0.3) is 5.91 Å². The SMILES string of the molecule is C#Cc1ccc2[nH]c(=O)n(C3CCN(C(=O)c4cc(-c5cccnc5)n(-c5ccc(C#N)c(F)c5)n4)CC3)c2c1. The van der Waals surface area contributed by atoms with Crippen LogP contribution in [0.4, 0.5) is 4.39 Å². The number of nitrogens with zero attached hydrogens (tertiary/aromatic N) is 6. The number of carbonyl (C=O) groups is 1. The van der Waals surface area contributed by atoms with Crippen molar-refractivity contribution in [3.05, 3.63) is 100 Å². The standard InChI is InChI=1S/C30H22FN7O2/c1-2-19-5-8-25-28(14-19)37(30(40)34-25)22-9-12-36(13-10-22)29(39)26-16-27(21-4-3-11-33-18-21)38(35-26)23-7-6-20(17-32)24(31)15-23/h1,3-8,11,14-16,18,22H,9-10,12-13H2,(H,34,40). The zero-order valence-electron chi connectivity index (χ0n) is 21.2. The third-order valence-electron chi connectivity index (χ3n) is 7.20. The summed E-state index contributed by atoms with van der Waals surface area (Å²) in [5, 5.41) is 13.6. The fourth-order valence-corrected chi connectivity index (χ4v) is 5.19. The van der Waals surface area contributed by atoms with Crippen LogP contribution in [0, 0.1) is 29.5 Å². The number of piperidine rings is 1. The van der Waals surface area contributed by atoms with E-state index in [1.807, 2.05) is 18.2 Å². The molecule has 10 heteroatoms. The molecule has 196 valence electrons. The number of carbonyl (C=O) groups excluding carboxylic acids is 1. The minimum absolute atomic E-state index is 0.0807. The van der Waals surface area contributed by atoms with Crippen molar-refractivity contribution in [2.45, 2.75) is 18.9 Å². The van der Waals surface area contributed by atoms with Gasteiger partial charge in [-0.1, -0.05) is 5.92 Å². The van der Waals surface area contributed by atoms with Gasteiger partial charge in [0.2, 0.25) is 0 Å². The predicted octanol–water partition coefficient (Wildman–Crippen LogP) is 4.05. The van der Waals surface area contributed by atoms with Gasteiger partial charge in [-0.05, 0) is 61.4 Å². The number of hydrogen-bond donors (Lipinski definition) is 1. The number of benzene rings is 2. The minimum atomic E-state index is -0.676. The molecule has 0 spiro atoms. The van der Waals surface area contributed by atoms with E-state index in [1.165, 1.54) is 16.8 Å². The van der Waals surface area contributed by atoms with Gasteiger partial charge in [0.1, 0.15) is 11.9 Å². The van der Waals surface area contributed by atoms with Crippen molar-refractivity contribution in [3.63, 3.8) is 0 Å². The number of likely N-dealkylation sites (tertiary alicyclic amines) is 1. The van der Waals surface area contributed by atoms with Crippen molar-refractivity contribution in [3.8, 4) is 35.4 Å². The molecule has 0 atom stereocenters. The molecule has 3 aromatic heterocycles. The largest absolute Gasteiger partial charge is 0.337 e. The van der Waals surface area contributed by atoms with E-state index in [-0.39, 0.29) is 28.9 Å². The van der Waals surface area contributed by atoms with E-state index in [2.05, 4.69) is 21.0 Å². The highest BCUT2D eigenvalue weighted by Gasteiger charge is 2.29. The van der Waals surface area contributed by atoms with E-state index in [0.717, 1.165) is 11.0 Å². The smallest absolute Gasteiger partial charge is 0.326 e. The summed E-state index contributed by atoms with van der Waals surface area (Å²) in [6.07, 6.45) is 9.98. The van der Waals surface area contributed by atoms with Gasteiger partial charge in [0, 0.05) is 48.7 Å². The molecule has 1 aliphatic heterocycles. The number of nitrogens with one attached hydrogen (secondary N) is 1. The lowest BCUT2D eigenvalue weighted by molar-refractivity contribution is 0.0688. The molecule has 5 aromatic rings. The molecule has 1 N–H and O–H groups in total. The van der Waals surface area contributed by atoms with Crippen molar-refractivity contribution >= 4 is 16.9 Å². The number of fused-ring (bicyclic) bond motifs is 1. The number of rotatable bonds is 4. The lowest BCUT2D eigenvalue weighted by Gasteiger charge is -2.32. The third-order valence-corrected chi connectivity index (χ3v) is 7.20. The Morgan fingerprint density at radius 3 is 2.65 bits per heavy atom. The Hall–Kier alpha value is -5.48. The molecule has 40 heavy (non-hydrogen) atoms. The normalized spacial score (nSPS) is 13.7. The zero-order valence-corrected chi connectivity index (χ0v) is 21.2. The van der Waals surface area contributed by atoms with Gasteiger partial charge in [-0.15, -0.1) is 6.42 Å². The summed E-state index contributed by atoms with van der Waals surface area (Å²) in [4.78, 5) is 35.1. The first kappa shape index (κ1) is 24.8. The van der Waals surface area contributed by atoms with Gasteiger partial charge in [-0.3, -0.25) is 14.3 Å². The van der Waals surface area contributed by atoms with Crippen LogP contribution in [0.3, 0.4) is 0 Å². The molecule has 1 saturated heterocycles. The summed E-state index contributed by atoms with van der Waals surface area (Å²) in [7, 11) is 0. The van der Waals surface area contributed by atoms with Crippen LogP contribution in [0.5, 0.6) is 0 Å². The van der Waals surface area contributed by atoms with E-state index >= 15 is 0 Å². The summed E-state index contributed by atoms with van der Waals surface area (Å²) < 4.78 is 17.7. The third kappa shape index (κ3) is 4.32. The summed E-state index contributed by atoms with van der Waals surface area (Å²) in [5.74, 6) is 1.66. The van der Waals surface area contributed by atoms with Crippen molar-refractivity contribution in [1.29, 1.82) is 5.26 Å². The number of amides is 1. The van der Waals surface area contributed by atoms with Crippen LogP contribution in [0.25, 0.3) is 28.0 Å². The molecule has 0 bridgehead atoms. The molecular formula is C30H22FN7O2. The molecule has 1 aliphatic rings. The van der Waals surface area contributed by atoms with Gasteiger partial charge >= 0.3 is 5.69 Å². The molecule has 0 unspecified atom stereocenters. The molecule has 0 saturated carbocycles. The number of H-pyrrole nitrogens is 1. The van der Waals surface area contributed by atoms with Crippen molar-refractivity contribution in [2.75, 3.05) is 13.1 Å². The summed E-state index contributed by atoms with van der Waals surface area (Å²) in [5.41, 5.74) is 3.70. The van der Waals surface area contributed by atoms with Crippen LogP contribution >= 0.6 is 0 Å². The van der Waals surface area contributed by atoms with E-state index in [9.17, 15) is 14.0 Å². The fourth-order valence-electron chi connectivity index (χ4n) is 5.19. The highest BCUT2D eigenvalue weighted by Crippen LogP contribution is 2.28. The summed E-state index contributed by atoms with van der Waals surface area (Å²) in [6.45, 7) is 0.857. The average molecular weight is 532 g/mol. The molecule has 6 rings (SSSR count). The molecule has 1 fully saturated rings. The first-order valence-corrected chi connectivity index (χ1v) is 12.7. The van der Waals surface area contributed by atoms with Crippen molar-refractivity contribution < 1.29 is 9.18 Å². The minimum Gasteiger partial charge on any atom is -0.337 e. The molecule has 0 aliphatic carbocycles. The molecular weight excluding hydrogens is 509 g/mol. The van der Waals surface area contributed by atoms with Crippen LogP contribution in [0.1, 0.15) is 40.5 Å². The Labute approximate surface area is 228 Å². The molecule has 9 nitrogen and oxygen atoms in total. The van der Waals surface area contributed by atoms with Gasteiger partial charge in [-0.25, -0.2) is 13.9 Å². The van der Waals surface area contributed by atoms with Gasteiger partial charge in [0.05, 0.1) is 28.0 Å². The zero-order chi connectivity index (χ0) is 27.8. The Morgan fingerprint density at radius 1 is 1.12 bits per heavy atom. The molecule has 1 amide bonds. The van der Waals surface area contributed by atoms with Crippen LogP contribution in [-0.4, -0.2) is 48.2 Å². The van der Waals surface area contributed by atoms with Gasteiger partial charge in [-0.2, -0.15) is 10.4 Å². The second-order valence-electron chi connectivity index (χ2n) is 9.54. The van der Waals surface area contributed by atoms with E-state index in [4.69, 9.17) is 11.7 Å². The highest BCUT2D eigenvalue weighted by molar-refractivity contribution is 5.93. The second-order valence-corrected chi connectivity index (χ2v) is 9.54. The van der Waals surface area contributed by atoms with E-state index in [1.54, 1.807) is 52.2 Å². The average Bonchev–Trinajstić information content (AvgIpc) is 3.58. The number of aromatic amines is 1. The number of halogens is 1. The predicted molar refractivity (Wildman–Crippen MR) is 146 cm³/mol. The summed E-state index contributed by atoms with van der Waals surface area (Å²) >= 11 is 0. The highest BCUT2D eigenvalue weighted by atomic mass is 19.1. The first-order chi connectivity index (χ1) is 19.5. The number of imidazole rings is 1. The first-order valence-electron chi connectivity index (χ1n) is 12.7.